The van der Waals surface area contributed by atoms with Gasteiger partial charge in [-0.25, -0.2) is 4.98 Å². The Morgan fingerprint density at radius 2 is 2.22 bits per heavy atom. The van der Waals surface area contributed by atoms with Gasteiger partial charge in [0.2, 0.25) is 0 Å². The Hall–Kier alpha value is -1.17. The Balaban J connectivity index is 2.15. The number of rotatable bonds is 3. The van der Waals surface area contributed by atoms with Gasteiger partial charge in [0.15, 0.2) is 0 Å². The van der Waals surface area contributed by atoms with E-state index in [0.717, 1.165) is 17.9 Å². The highest BCUT2D eigenvalue weighted by Gasteiger charge is 2.33. The molecule has 18 heavy (non-hydrogen) atoms. The topological polar surface area (TPSA) is 65.8 Å². The van der Waals surface area contributed by atoms with E-state index in [4.69, 9.17) is 9.84 Å². The molecule has 2 heterocycles. The lowest BCUT2D eigenvalue weighted by Crippen LogP contribution is -2.54. The standard InChI is InChI=1S/C13H20N2O3/c1-13(2)9-15(6-11(8-17)18-13)12-4-3-10(7-16)5-14-12/h3-5,11,16-17H,6-9H2,1-2H3. The summed E-state index contributed by atoms with van der Waals surface area (Å²) < 4.78 is 5.76. The van der Waals surface area contributed by atoms with Gasteiger partial charge in [-0.05, 0) is 25.5 Å². The summed E-state index contributed by atoms with van der Waals surface area (Å²) in [5, 5.41) is 18.3. The number of morpholine rings is 1. The summed E-state index contributed by atoms with van der Waals surface area (Å²) in [7, 11) is 0. The van der Waals surface area contributed by atoms with Crippen LogP contribution in [0, 0.1) is 0 Å². The Kier molecular flexibility index (Phi) is 3.85. The number of hydrogen-bond donors (Lipinski definition) is 2. The molecule has 5 nitrogen and oxygen atoms in total. The molecule has 0 aliphatic carbocycles. The number of pyridine rings is 1. The largest absolute Gasteiger partial charge is 0.394 e. The molecule has 1 aliphatic rings. The van der Waals surface area contributed by atoms with Gasteiger partial charge < -0.3 is 19.8 Å². The van der Waals surface area contributed by atoms with Crippen molar-refractivity contribution in [3.63, 3.8) is 0 Å². The number of nitrogens with zero attached hydrogens (tertiary/aromatic N) is 2. The molecule has 2 rings (SSSR count). The first kappa shape index (κ1) is 13.3. The highest BCUT2D eigenvalue weighted by molar-refractivity contribution is 5.40. The van der Waals surface area contributed by atoms with E-state index in [1.54, 1.807) is 6.20 Å². The molecule has 0 saturated carbocycles. The van der Waals surface area contributed by atoms with Crippen LogP contribution in [0.3, 0.4) is 0 Å². The van der Waals surface area contributed by atoms with Crippen molar-refractivity contribution >= 4 is 5.82 Å². The van der Waals surface area contributed by atoms with E-state index >= 15 is 0 Å². The minimum Gasteiger partial charge on any atom is -0.394 e. The third-order valence-electron chi connectivity index (χ3n) is 3.00. The molecular formula is C13H20N2O3. The molecule has 1 atom stereocenters. The Labute approximate surface area is 107 Å². The fraction of sp³-hybridized carbons (Fsp3) is 0.615. The Morgan fingerprint density at radius 1 is 1.44 bits per heavy atom. The average molecular weight is 252 g/mol. The first-order valence-corrected chi connectivity index (χ1v) is 6.13. The molecule has 100 valence electrons. The van der Waals surface area contributed by atoms with Crippen LogP contribution in [-0.2, 0) is 11.3 Å². The van der Waals surface area contributed by atoms with Crippen LogP contribution in [0.5, 0.6) is 0 Å². The van der Waals surface area contributed by atoms with Crippen molar-refractivity contribution in [3.05, 3.63) is 23.9 Å². The molecule has 1 aromatic rings. The van der Waals surface area contributed by atoms with Crippen LogP contribution in [0.25, 0.3) is 0 Å². The van der Waals surface area contributed by atoms with Gasteiger partial charge >= 0.3 is 0 Å². The first-order valence-electron chi connectivity index (χ1n) is 6.13. The number of hydrogen-bond acceptors (Lipinski definition) is 5. The summed E-state index contributed by atoms with van der Waals surface area (Å²) in [6, 6.07) is 3.75. The lowest BCUT2D eigenvalue weighted by Gasteiger charge is -2.42. The van der Waals surface area contributed by atoms with E-state index in [2.05, 4.69) is 9.88 Å². The summed E-state index contributed by atoms with van der Waals surface area (Å²) in [6.45, 7) is 5.38. The molecule has 0 aromatic carbocycles. The second kappa shape index (κ2) is 5.22. The third kappa shape index (κ3) is 2.98. The minimum atomic E-state index is -0.303. The molecule has 2 N–H and O–H groups in total. The Bertz CT molecular complexity index is 392. The van der Waals surface area contributed by atoms with Crippen molar-refractivity contribution in [1.29, 1.82) is 0 Å². The Morgan fingerprint density at radius 3 is 2.78 bits per heavy atom. The molecule has 1 saturated heterocycles. The smallest absolute Gasteiger partial charge is 0.128 e. The molecule has 0 spiro atoms. The summed E-state index contributed by atoms with van der Waals surface area (Å²) in [5.41, 5.74) is 0.494. The monoisotopic (exact) mass is 252 g/mol. The highest BCUT2D eigenvalue weighted by atomic mass is 16.5. The van der Waals surface area contributed by atoms with Crippen LogP contribution >= 0.6 is 0 Å². The van der Waals surface area contributed by atoms with Crippen LogP contribution in [-0.4, -0.2) is 46.6 Å². The van der Waals surface area contributed by atoms with Gasteiger partial charge in [-0.2, -0.15) is 0 Å². The fourth-order valence-electron chi connectivity index (χ4n) is 2.26. The number of anilines is 1. The molecule has 0 radical (unpaired) electrons. The van der Waals surface area contributed by atoms with Crippen LogP contribution in [0.1, 0.15) is 19.4 Å². The second-order valence-electron chi connectivity index (χ2n) is 5.25. The zero-order valence-electron chi connectivity index (χ0n) is 10.8. The maximum absolute atomic E-state index is 9.26. The van der Waals surface area contributed by atoms with Crippen LogP contribution in [0.15, 0.2) is 18.3 Å². The van der Waals surface area contributed by atoms with Gasteiger partial charge in [0.05, 0.1) is 24.9 Å². The van der Waals surface area contributed by atoms with Crippen molar-refractivity contribution in [3.8, 4) is 0 Å². The molecular weight excluding hydrogens is 232 g/mol. The second-order valence-corrected chi connectivity index (χ2v) is 5.25. The molecule has 0 bridgehead atoms. The lowest BCUT2D eigenvalue weighted by atomic mass is 10.1. The molecule has 5 heteroatoms. The fourth-order valence-corrected chi connectivity index (χ4v) is 2.26. The van der Waals surface area contributed by atoms with E-state index in [9.17, 15) is 5.11 Å². The maximum atomic E-state index is 9.26. The van der Waals surface area contributed by atoms with Crippen molar-refractivity contribution in [2.45, 2.75) is 32.2 Å². The molecule has 1 aliphatic heterocycles. The van der Waals surface area contributed by atoms with Gasteiger partial charge in [0.25, 0.3) is 0 Å². The first-order chi connectivity index (χ1) is 8.54. The normalized spacial score (nSPS) is 23.1. The van der Waals surface area contributed by atoms with Crippen molar-refractivity contribution in [1.82, 2.24) is 4.98 Å². The van der Waals surface area contributed by atoms with Gasteiger partial charge in [-0.1, -0.05) is 6.07 Å². The van der Waals surface area contributed by atoms with E-state index in [1.807, 2.05) is 26.0 Å². The van der Waals surface area contributed by atoms with Gasteiger partial charge in [-0.3, -0.25) is 0 Å². The lowest BCUT2D eigenvalue weighted by molar-refractivity contribution is -0.101. The van der Waals surface area contributed by atoms with Crippen LogP contribution in [0.4, 0.5) is 5.82 Å². The maximum Gasteiger partial charge on any atom is 0.128 e. The van der Waals surface area contributed by atoms with Gasteiger partial charge in [0, 0.05) is 19.3 Å². The van der Waals surface area contributed by atoms with E-state index in [0.29, 0.717) is 6.54 Å². The number of aliphatic hydroxyl groups is 2. The third-order valence-corrected chi connectivity index (χ3v) is 3.00. The summed E-state index contributed by atoms with van der Waals surface area (Å²) in [5.74, 6) is 0.849. The number of aliphatic hydroxyl groups excluding tert-OH is 2. The van der Waals surface area contributed by atoms with Crippen LogP contribution in [0.2, 0.25) is 0 Å². The molecule has 1 unspecified atom stereocenters. The van der Waals surface area contributed by atoms with E-state index < -0.39 is 0 Å². The van der Waals surface area contributed by atoms with Gasteiger partial charge in [-0.15, -0.1) is 0 Å². The molecule has 0 amide bonds. The summed E-state index contributed by atoms with van der Waals surface area (Å²) in [6.07, 6.45) is 1.49. The van der Waals surface area contributed by atoms with Crippen molar-refractivity contribution in [2.75, 3.05) is 24.6 Å². The average Bonchev–Trinajstić information content (AvgIpc) is 2.37. The summed E-state index contributed by atoms with van der Waals surface area (Å²) >= 11 is 0. The summed E-state index contributed by atoms with van der Waals surface area (Å²) in [4.78, 5) is 6.44. The predicted octanol–water partition coefficient (Wildman–Crippen LogP) is 0.550. The minimum absolute atomic E-state index is 0.00114. The van der Waals surface area contributed by atoms with Crippen LogP contribution < -0.4 is 4.90 Å². The zero-order chi connectivity index (χ0) is 13.2. The van der Waals surface area contributed by atoms with Gasteiger partial charge in [0.1, 0.15) is 5.82 Å². The highest BCUT2D eigenvalue weighted by Crippen LogP contribution is 2.24. The molecule has 1 fully saturated rings. The van der Waals surface area contributed by atoms with Crippen molar-refractivity contribution < 1.29 is 14.9 Å². The van der Waals surface area contributed by atoms with E-state index in [1.165, 1.54) is 0 Å². The SMILES string of the molecule is CC1(C)CN(c2ccc(CO)cn2)CC(CO)O1. The quantitative estimate of drug-likeness (QED) is 0.822. The number of ether oxygens (including phenoxy) is 1. The predicted molar refractivity (Wildman–Crippen MR) is 68.4 cm³/mol. The number of aromatic nitrogens is 1. The zero-order valence-corrected chi connectivity index (χ0v) is 10.8. The van der Waals surface area contributed by atoms with E-state index in [-0.39, 0.29) is 24.9 Å². The molecule has 1 aromatic heterocycles. The van der Waals surface area contributed by atoms with Crippen molar-refractivity contribution in [2.24, 2.45) is 0 Å².